The Morgan fingerprint density at radius 1 is 0.773 bits per heavy atom. The summed E-state index contributed by atoms with van der Waals surface area (Å²) in [6, 6.07) is 0. The van der Waals surface area contributed by atoms with Gasteiger partial charge >= 0.3 is 0 Å². The lowest BCUT2D eigenvalue weighted by atomic mass is 9.91. The van der Waals surface area contributed by atoms with E-state index in [9.17, 15) is 0 Å². The molecule has 0 aromatic heterocycles. The Hall–Kier alpha value is -1.08. The molecule has 0 radical (unpaired) electrons. The molecule has 0 nitrogen and oxygen atoms in total. The van der Waals surface area contributed by atoms with Gasteiger partial charge in [-0.2, -0.15) is 0 Å². The van der Waals surface area contributed by atoms with Crippen LogP contribution in [0.1, 0.15) is 25.7 Å². The van der Waals surface area contributed by atoms with Crippen LogP contribution >= 0.6 is 0 Å². The number of fused-ring (bicyclic) bond motifs is 2. The molecule has 2 saturated carbocycles. The molecule has 2 fully saturated rings. The lowest BCUT2D eigenvalue weighted by Gasteiger charge is -2.42. The Morgan fingerprint density at radius 2 is 1.23 bits per heavy atom. The van der Waals surface area contributed by atoms with Gasteiger partial charge in [-0.05, 0) is 47.6 Å². The van der Waals surface area contributed by atoms with Crippen molar-refractivity contribution in [1.29, 1.82) is 0 Å². The highest BCUT2D eigenvalue weighted by Gasteiger charge is 2.52. The van der Waals surface area contributed by atoms with Crippen molar-refractivity contribution in [2.45, 2.75) is 43.3 Å². The fraction of sp³-hybridized carbons (Fsp3) is 0.524. The summed E-state index contributed by atoms with van der Waals surface area (Å²) in [5, 5.41) is 0. The molecule has 0 bridgehead atoms. The molecule has 0 N–H and O–H groups in total. The van der Waals surface area contributed by atoms with Crippen LogP contribution in [0.5, 0.6) is 0 Å². The van der Waals surface area contributed by atoms with Gasteiger partial charge in [0.05, 0.1) is 8.07 Å². The first kappa shape index (κ1) is 14.5. The van der Waals surface area contributed by atoms with Gasteiger partial charge in [0.25, 0.3) is 0 Å². The highest BCUT2D eigenvalue weighted by atomic mass is 28.3. The second kappa shape index (κ2) is 5.52. The molecule has 4 aliphatic rings. The first-order valence-corrected chi connectivity index (χ1v) is 11.8. The minimum atomic E-state index is -1.48. The Bertz CT molecular complexity index is 520. The molecule has 4 rings (SSSR count). The molecule has 0 spiro atoms. The van der Waals surface area contributed by atoms with E-state index >= 15 is 0 Å². The number of rotatable bonds is 3. The van der Waals surface area contributed by atoms with Crippen LogP contribution in [0.15, 0.2) is 60.9 Å². The van der Waals surface area contributed by atoms with Crippen molar-refractivity contribution in [2.24, 2.45) is 23.7 Å². The van der Waals surface area contributed by atoms with E-state index in [1.54, 1.807) is 0 Å². The van der Waals surface area contributed by atoms with Gasteiger partial charge in [0.15, 0.2) is 0 Å². The number of allylic oxidation sites excluding steroid dienone is 8. The lowest BCUT2D eigenvalue weighted by Crippen LogP contribution is -2.43. The van der Waals surface area contributed by atoms with E-state index in [0.717, 1.165) is 34.8 Å². The second-order valence-electron chi connectivity index (χ2n) is 7.96. The van der Waals surface area contributed by atoms with E-state index < -0.39 is 8.07 Å². The van der Waals surface area contributed by atoms with Crippen LogP contribution in [0.2, 0.25) is 17.6 Å². The molecular weight excluding hydrogens is 280 g/mol. The zero-order chi connectivity index (χ0) is 15.2. The zero-order valence-corrected chi connectivity index (χ0v) is 14.7. The molecule has 22 heavy (non-hydrogen) atoms. The van der Waals surface area contributed by atoms with Gasteiger partial charge in [0.1, 0.15) is 0 Å². The third kappa shape index (κ3) is 2.09. The Labute approximate surface area is 136 Å². The third-order valence-electron chi connectivity index (χ3n) is 7.18. The van der Waals surface area contributed by atoms with Gasteiger partial charge in [0, 0.05) is 0 Å². The Morgan fingerprint density at radius 3 is 1.68 bits per heavy atom. The molecule has 0 heterocycles. The van der Waals surface area contributed by atoms with Crippen LogP contribution in [-0.4, -0.2) is 8.07 Å². The van der Waals surface area contributed by atoms with E-state index in [1.807, 2.05) is 0 Å². The minimum absolute atomic E-state index is 0.793. The molecule has 0 aliphatic heterocycles. The fourth-order valence-corrected chi connectivity index (χ4v) is 11.0. The fourth-order valence-electron chi connectivity index (χ4n) is 5.94. The van der Waals surface area contributed by atoms with Gasteiger partial charge in [0.2, 0.25) is 0 Å². The Balaban J connectivity index is 1.64. The molecule has 1 heteroatoms. The van der Waals surface area contributed by atoms with E-state index in [1.165, 1.54) is 25.7 Å². The van der Waals surface area contributed by atoms with Gasteiger partial charge < -0.3 is 0 Å². The van der Waals surface area contributed by atoms with Crippen molar-refractivity contribution in [3.8, 4) is 0 Å². The van der Waals surface area contributed by atoms with Crippen molar-refractivity contribution in [2.75, 3.05) is 0 Å². The summed E-state index contributed by atoms with van der Waals surface area (Å²) in [5.74, 6) is 3.20. The highest BCUT2D eigenvalue weighted by Crippen LogP contribution is 2.59. The summed E-state index contributed by atoms with van der Waals surface area (Å²) in [6.45, 7) is 7.03. The van der Waals surface area contributed by atoms with Crippen LogP contribution in [0.4, 0.5) is 0 Å². The van der Waals surface area contributed by atoms with Crippen molar-refractivity contribution in [1.82, 2.24) is 0 Å². The van der Waals surface area contributed by atoms with Crippen molar-refractivity contribution in [3.63, 3.8) is 0 Å². The summed E-state index contributed by atoms with van der Waals surface area (Å²) in [4.78, 5) is 0. The maximum absolute atomic E-state index is 4.37. The van der Waals surface area contributed by atoms with E-state index in [-0.39, 0.29) is 0 Å². The molecule has 0 amide bonds. The molecule has 6 atom stereocenters. The smallest absolute Gasteiger partial charge is 0.0813 e. The standard InChI is InChI=1S/C21H28Si/c1-3-22(2,20-14-12-16-8-4-6-10-18(16)20)21-15-13-17-9-5-7-11-19(17)21/h3-11,16-21H,1,12-15H2,2H3. The predicted octanol–water partition coefficient (Wildman–Crippen LogP) is 5.84. The van der Waals surface area contributed by atoms with Crippen LogP contribution in [0.25, 0.3) is 0 Å². The summed E-state index contributed by atoms with van der Waals surface area (Å²) in [6.07, 6.45) is 24.7. The van der Waals surface area contributed by atoms with Gasteiger partial charge in [-0.1, -0.05) is 68.0 Å². The molecule has 6 unspecified atom stereocenters. The quantitative estimate of drug-likeness (QED) is 0.575. The predicted molar refractivity (Wildman–Crippen MR) is 98.3 cm³/mol. The summed E-state index contributed by atoms with van der Waals surface area (Å²) in [7, 11) is -1.48. The number of hydrogen-bond donors (Lipinski definition) is 0. The monoisotopic (exact) mass is 308 g/mol. The maximum Gasteiger partial charge on any atom is 0.0813 e. The second-order valence-corrected chi connectivity index (χ2v) is 12.6. The lowest BCUT2D eigenvalue weighted by molar-refractivity contribution is 0.519. The minimum Gasteiger partial charge on any atom is -0.107 e. The molecule has 116 valence electrons. The molecule has 0 saturated heterocycles. The molecule has 0 aromatic rings. The Kier molecular flexibility index (Phi) is 3.64. The van der Waals surface area contributed by atoms with Crippen LogP contribution in [0, 0.1) is 23.7 Å². The third-order valence-corrected chi connectivity index (χ3v) is 12.6. The number of hydrogen-bond acceptors (Lipinski definition) is 0. The van der Waals surface area contributed by atoms with E-state index in [2.05, 4.69) is 67.4 Å². The van der Waals surface area contributed by atoms with Gasteiger partial charge in [-0.3, -0.25) is 0 Å². The topological polar surface area (TPSA) is 0 Å². The zero-order valence-electron chi connectivity index (χ0n) is 13.7. The summed E-state index contributed by atoms with van der Waals surface area (Å²) < 4.78 is 0. The van der Waals surface area contributed by atoms with Crippen LogP contribution in [-0.2, 0) is 0 Å². The maximum atomic E-state index is 4.37. The summed E-state index contributed by atoms with van der Waals surface area (Å²) >= 11 is 0. The van der Waals surface area contributed by atoms with Crippen LogP contribution < -0.4 is 0 Å². The van der Waals surface area contributed by atoms with E-state index in [4.69, 9.17) is 0 Å². The molecule has 0 aromatic carbocycles. The molecule has 4 aliphatic carbocycles. The first-order chi connectivity index (χ1) is 10.7. The SMILES string of the molecule is C=C[Si](C)(C1CCC2C=CC=CC21)C1CCC2C=CC=CC21. The van der Waals surface area contributed by atoms with Crippen LogP contribution in [0.3, 0.4) is 0 Å². The highest BCUT2D eigenvalue weighted by molar-refractivity contribution is 6.86. The van der Waals surface area contributed by atoms with Crippen molar-refractivity contribution >= 4 is 8.07 Å². The first-order valence-electron chi connectivity index (χ1n) is 9.07. The summed E-state index contributed by atoms with van der Waals surface area (Å²) in [5.41, 5.74) is 4.27. The largest absolute Gasteiger partial charge is 0.107 e. The molecular formula is C21H28Si. The normalized spacial score (nSPS) is 44.6. The van der Waals surface area contributed by atoms with E-state index in [0.29, 0.717) is 0 Å². The van der Waals surface area contributed by atoms with Gasteiger partial charge in [-0.25, -0.2) is 0 Å². The van der Waals surface area contributed by atoms with Crippen molar-refractivity contribution < 1.29 is 0 Å². The van der Waals surface area contributed by atoms with Crippen molar-refractivity contribution in [3.05, 3.63) is 60.9 Å². The average Bonchev–Trinajstić information content (AvgIpc) is 3.19. The van der Waals surface area contributed by atoms with Gasteiger partial charge in [-0.15, -0.1) is 12.3 Å². The average molecular weight is 309 g/mol.